The summed E-state index contributed by atoms with van der Waals surface area (Å²) in [5.74, 6) is 0.560. The molecule has 30 heavy (non-hydrogen) atoms. The van der Waals surface area contributed by atoms with E-state index in [0.717, 1.165) is 12.0 Å². The van der Waals surface area contributed by atoms with E-state index < -0.39 is 20.7 Å². The summed E-state index contributed by atoms with van der Waals surface area (Å²) in [6.07, 6.45) is 5.71. The number of sulfone groups is 1. The van der Waals surface area contributed by atoms with Crippen molar-refractivity contribution >= 4 is 27.5 Å². The van der Waals surface area contributed by atoms with Crippen molar-refractivity contribution in [2.45, 2.75) is 55.3 Å². The molecule has 0 radical (unpaired) electrons. The first-order valence-corrected chi connectivity index (χ1v) is 11.9. The summed E-state index contributed by atoms with van der Waals surface area (Å²) in [6, 6.07) is 4.98. The molecule has 2 unspecified atom stereocenters. The van der Waals surface area contributed by atoms with E-state index in [1.807, 2.05) is 20.8 Å². The zero-order valence-corrected chi connectivity index (χ0v) is 19.3. The quantitative estimate of drug-likeness (QED) is 0.663. The lowest BCUT2D eigenvalue weighted by Crippen LogP contribution is -2.35. The summed E-state index contributed by atoms with van der Waals surface area (Å²) in [5, 5.41) is -0.178. The number of amides is 1. The smallest absolute Gasteiger partial charge is 0.410 e. The topological polar surface area (TPSA) is 72.9 Å². The van der Waals surface area contributed by atoms with Crippen LogP contribution in [-0.2, 0) is 14.6 Å². The summed E-state index contributed by atoms with van der Waals surface area (Å²) < 4.78 is 37.1. The molecule has 0 N–H and O–H groups in total. The van der Waals surface area contributed by atoms with Crippen LogP contribution in [0.3, 0.4) is 0 Å². The number of nitrogens with zero attached hydrogens (tertiary/aromatic N) is 1. The van der Waals surface area contributed by atoms with Crippen LogP contribution in [0.25, 0.3) is 0 Å². The van der Waals surface area contributed by atoms with Gasteiger partial charge in [-0.1, -0.05) is 29.8 Å². The Labute approximate surface area is 183 Å². The second kappa shape index (κ2) is 8.63. The van der Waals surface area contributed by atoms with Gasteiger partial charge in [0.15, 0.2) is 9.84 Å². The summed E-state index contributed by atoms with van der Waals surface area (Å²) >= 11 is 6.03. The lowest BCUT2D eigenvalue weighted by molar-refractivity contribution is 0.0292. The minimum absolute atomic E-state index is 0.0520. The molecule has 0 saturated carbocycles. The van der Waals surface area contributed by atoms with Gasteiger partial charge >= 0.3 is 6.09 Å². The highest BCUT2D eigenvalue weighted by Crippen LogP contribution is 2.37. The molecular formula is C22H28ClNO5S. The number of halogens is 1. The van der Waals surface area contributed by atoms with Crippen molar-refractivity contribution in [2.24, 2.45) is 0 Å². The van der Waals surface area contributed by atoms with Gasteiger partial charge in [0.2, 0.25) is 0 Å². The molecule has 1 saturated heterocycles. The predicted octanol–water partition coefficient (Wildman–Crippen LogP) is 4.64. The van der Waals surface area contributed by atoms with Gasteiger partial charge in [0.25, 0.3) is 0 Å². The molecule has 0 spiro atoms. The van der Waals surface area contributed by atoms with E-state index in [9.17, 15) is 13.2 Å². The number of carbonyl (C=O) groups is 1. The average molecular weight is 454 g/mol. The number of methoxy groups -OCH3 is 1. The molecule has 6 nitrogen and oxygen atoms in total. The molecule has 8 heteroatoms. The molecule has 1 aromatic carbocycles. The number of carbonyl (C=O) groups excluding carboxylic acids is 1. The fourth-order valence-electron chi connectivity index (χ4n) is 3.71. The van der Waals surface area contributed by atoms with E-state index in [0.29, 0.717) is 23.9 Å². The highest BCUT2D eigenvalue weighted by Gasteiger charge is 2.33. The highest BCUT2D eigenvalue weighted by molar-refractivity contribution is 7.92. The summed E-state index contributed by atoms with van der Waals surface area (Å²) in [6.45, 7) is 6.60. The van der Waals surface area contributed by atoms with Gasteiger partial charge in [-0.25, -0.2) is 13.2 Å². The van der Waals surface area contributed by atoms with Gasteiger partial charge in [-0.05, 0) is 51.0 Å². The molecule has 3 rings (SSSR count). The van der Waals surface area contributed by atoms with Gasteiger partial charge in [0, 0.05) is 30.5 Å². The van der Waals surface area contributed by atoms with E-state index in [1.54, 1.807) is 41.3 Å². The maximum absolute atomic E-state index is 13.0. The molecule has 1 heterocycles. The monoisotopic (exact) mass is 453 g/mol. The van der Waals surface area contributed by atoms with Crippen LogP contribution in [0.2, 0.25) is 0 Å². The van der Waals surface area contributed by atoms with Crippen molar-refractivity contribution in [2.75, 3.05) is 20.2 Å². The fourth-order valence-corrected chi connectivity index (χ4v) is 5.62. The largest absolute Gasteiger partial charge is 0.496 e. The number of hydrogen-bond acceptors (Lipinski definition) is 5. The third-order valence-electron chi connectivity index (χ3n) is 5.21. The van der Waals surface area contributed by atoms with Gasteiger partial charge < -0.3 is 14.4 Å². The molecule has 2 aliphatic rings. The van der Waals surface area contributed by atoms with Crippen LogP contribution in [0.1, 0.15) is 45.1 Å². The van der Waals surface area contributed by atoms with Crippen molar-refractivity contribution in [1.82, 2.24) is 4.90 Å². The van der Waals surface area contributed by atoms with Gasteiger partial charge in [0.05, 0.1) is 17.3 Å². The minimum Gasteiger partial charge on any atom is -0.496 e. The van der Waals surface area contributed by atoms with Gasteiger partial charge in [-0.3, -0.25) is 0 Å². The van der Waals surface area contributed by atoms with Crippen molar-refractivity contribution < 1.29 is 22.7 Å². The zero-order chi connectivity index (χ0) is 22.1. The van der Waals surface area contributed by atoms with E-state index in [-0.39, 0.29) is 23.3 Å². The number of ether oxygens (including phenoxy) is 2. The van der Waals surface area contributed by atoms with Crippen molar-refractivity contribution in [3.63, 3.8) is 0 Å². The van der Waals surface area contributed by atoms with Gasteiger partial charge in [-0.15, -0.1) is 0 Å². The number of hydrogen-bond donors (Lipinski definition) is 0. The third-order valence-corrected chi connectivity index (χ3v) is 7.52. The Morgan fingerprint density at radius 3 is 2.63 bits per heavy atom. The van der Waals surface area contributed by atoms with Crippen LogP contribution < -0.4 is 4.74 Å². The van der Waals surface area contributed by atoms with E-state index >= 15 is 0 Å². The van der Waals surface area contributed by atoms with E-state index in [4.69, 9.17) is 21.1 Å². The molecule has 1 aliphatic heterocycles. The first-order valence-electron chi connectivity index (χ1n) is 9.94. The molecule has 0 bridgehead atoms. The van der Waals surface area contributed by atoms with Crippen LogP contribution in [0.4, 0.5) is 4.79 Å². The number of allylic oxidation sites excluding steroid dienone is 3. The second-order valence-electron chi connectivity index (χ2n) is 8.60. The Morgan fingerprint density at radius 1 is 1.27 bits per heavy atom. The Morgan fingerprint density at radius 2 is 2.00 bits per heavy atom. The maximum Gasteiger partial charge on any atom is 0.410 e. The van der Waals surface area contributed by atoms with Crippen LogP contribution in [0.15, 0.2) is 46.4 Å². The Balaban J connectivity index is 1.79. The first kappa shape index (κ1) is 22.7. The molecule has 1 fully saturated rings. The summed E-state index contributed by atoms with van der Waals surface area (Å²) in [4.78, 5) is 14.2. The molecule has 1 aliphatic carbocycles. The number of likely N-dealkylation sites (tertiary alicyclic amines) is 1. The van der Waals surface area contributed by atoms with Crippen LogP contribution in [0, 0.1) is 0 Å². The Hall–Kier alpha value is -1.99. The lowest BCUT2D eigenvalue weighted by atomic mass is 9.97. The zero-order valence-electron chi connectivity index (χ0n) is 17.7. The maximum atomic E-state index is 13.0. The Bertz CT molecular complexity index is 978. The van der Waals surface area contributed by atoms with Crippen molar-refractivity contribution in [3.05, 3.63) is 47.0 Å². The van der Waals surface area contributed by atoms with Crippen molar-refractivity contribution in [1.29, 1.82) is 0 Å². The van der Waals surface area contributed by atoms with Crippen LogP contribution in [-0.4, -0.2) is 50.5 Å². The fraction of sp³-hybridized carbons (Fsp3) is 0.500. The van der Waals surface area contributed by atoms with Crippen LogP contribution >= 0.6 is 11.6 Å². The minimum atomic E-state index is -3.59. The summed E-state index contributed by atoms with van der Waals surface area (Å²) in [5.41, 5.74) is 0.341. The Kier molecular flexibility index (Phi) is 6.53. The molecule has 164 valence electrons. The molecule has 2 atom stereocenters. The first-order chi connectivity index (χ1) is 14.0. The van der Waals surface area contributed by atoms with E-state index in [2.05, 4.69) is 0 Å². The number of benzene rings is 1. The van der Waals surface area contributed by atoms with E-state index in [1.165, 1.54) is 7.11 Å². The normalized spacial score (nSPS) is 22.0. The standard InChI is InChI=1S/C22H28ClNO5S/c1-22(2,3)29-21(25)24-11-10-15(14-24)19-9-8-18(13-20(19)28-4)30(26,27)17-7-5-6-16(23)12-17/h5-9,13,15,17H,10-12,14H2,1-4H3. The molecule has 0 aromatic heterocycles. The van der Waals surface area contributed by atoms with Gasteiger partial charge in [-0.2, -0.15) is 0 Å². The SMILES string of the molecule is COc1cc(S(=O)(=O)C2C=CC=C(Cl)C2)ccc1C1CCN(C(=O)OC(C)(C)C)C1. The second-order valence-corrected chi connectivity index (χ2v) is 11.3. The molecule has 1 amide bonds. The van der Waals surface area contributed by atoms with Crippen LogP contribution in [0.5, 0.6) is 5.75 Å². The molecule has 1 aromatic rings. The molecular weight excluding hydrogens is 426 g/mol. The lowest BCUT2D eigenvalue weighted by Gasteiger charge is -2.24. The highest BCUT2D eigenvalue weighted by atomic mass is 35.5. The average Bonchev–Trinajstić information content (AvgIpc) is 3.16. The predicted molar refractivity (Wildman–Crippen MR) is 117 cm³/mol. The third kappa shape index (κ3) is 5.01. The van der Waals surface area contributed by atoms with Crippen molar-refractivity contribution in [3.8, 4) is 5.75 Å². The number of rotatable bonds is 4. The van der Waals surface area contributed by atoms with Gasteiger partial charge in [0.1, 0.15) is 11.4 Å². The summed E-state index contributed by atoms with van der Waals surface area (Å²) in [7, 11) is -2.07.